The third kappa shape index (κ3) is 2.45. The maximum Gasteiger partial charge on any atom is 0.335 e. The SMILES string of the molecule is CCCc1c(C)[nH]c2c(C(C)(C)C)cc(C(=O)O)cc12. The molecule has 0 spiro atoms. The number of carbonyl (C=O) groups is 1. The maximum absolute atomic E-state index is 11.4. The molecule has 1 heterocycles. The van der Waals surface area contributed by atoms with Gasteiger partial charge in [0.2, 0.25) is 0 Å². The van der Waals surface area contributed by atoms with E-state index >= 15 is 0 Å². The van der Waals surface area contributed by atoms with Crippen LogP contribution in [0.15, 0.2) is 12.1 Å². The number of nitrogens with one attached hydrogen (secondary N) is 1. The number of fused-ring (bicyclic) bond motifs is 1. The van der Waals surface area contributed by atoms with Crippen LogP contribution in [0, 0.1) is 6.92 Å². The molecule has 0 bridgehead atoms. The van der Waals surface area contributed by atoms with Gasteiger partial charge in [-0.1, -0.05) is 34.1 Å². The van der Waals surface area contributed by atoms with Gasteiger partial charge in [-0.25, -0.2) is 4.79 Å². The smallest absolute Gasteiger partial charge is 0.335 e. The molecule has 0 amide bonds. The molecule has 0 saturated carbocycles. The Morgan fingerprint density at radius 2 is 1.95 bits per heavy atom. The van der Waals surface area contributed by atoms with Crippen LogP contribution < -0.4 is 0 Å². The van der Waals surface area contributed by atoms with Crippen LogP contribution in [0.3, 0.4) is 0 Å². The first-order chi connectivity index (χ1) is 9.25. The number of aryl methyl sites for hydroxylation is 2. The van der Waals surface area contributed by atoms with Gasteiger partial charge in [0, 0.05) is 16.6 Å². The van der Waals surface area contributed by atoms with Crippen LogP contribution in [0.25, 0.3) is 10.9 Å². The second-order valence-corrected chi connectivity index (χ2v) is 6.48. The number of hydrogen-bond acceptors (Lipinski definition) is 1. The summed E-state index contributed by atoms with van der Waals surface area (Å²) in [7, 11) is 0. The van der Waals surface area contributed by atoms with E-state index < -0.39 is 5.97 Å². The molecular weight excluding hydrogens is 250 g/mol. The lowest BCUT2D eigenvalue weighted by Crippen LogP contribution is -2.13. The van der Waals surface area contributed by atoms with Gasteiger partial charge in [0.1, 0.15) is 0 Å². The first kappa shape index (κ1) is 14.6. The van der Waals surface area contributed by atoms with Crippen molar-refractivity contribution in [2.24, 2.45) is 0 Å². The van der Waals surface area contributed by atoms with Gasteiger partial charge >= 0.3 is 5.97 Å². The number of H-pyrrole nitrogens is 1. The normalized spacial score (nSPS) is 12.1. The Morgan fingerprint density at radius 3 is 2.45 bits per heavy atom. The zero-order valence-electron chi connectivity index (χ0n) is 12.9. The number of carboxylic acid groups (broad SMARTS) is 1. The monoisotopic (exact) mass is 273 g/mol. The zero-order chi connectivity index (χ0) is 15.1. The number of benzene rings is 1. The Balaban J connectivity index is 2.84. The summed E-state index contributed by atoms with van der Waals surface area (Å²) in [6.45, 7) is 10.6. The summed E-state index contributed by atoms with van der Waals surface area (Å²) in [5, 5.41) is 10.4. The molecule has 1 aromatic carbocycles. The lowest BCUT2D eigenvalue weighted by molar-refractivity contribution is 0.0697. The van der Waals surface area contributed by atoms with Crippen molar-refractivity contribution < 1.29 is 9.90 Å². The zero-order valence-corrected chi connectivity index (χ0v) is 12.9. The van der Waals surface area contributed by atoms with E-state index in [4.69, 9.17) is 0 Å². The molecule has 3 nitrogen and oxygen atoms in total. The summed E-state index contributed by atoms with van der Waals surface area (Å²) in [6.07, 6.45) is 2.02. The van der Waals surface area contributed by atoms with Crippen molar-refractivity contribution in [3.05, 3.63) is 34.5 Å². The molecule has 0 aliphatic carbocycles. The third-order valence-electron chi connectivity index (χ3n) is 3.78. The summed E-state index contributed by atoms with van der Waals surface area (Å²) in [6, 6.07) is 3.61. The van der Waals surface area contributed by atoms with Crippen molar-refractivity contribution in [1.82, 2.24) is 4.98 Å². The van der Waals surface area contributed by atoms with Crippen LogP contribution in [0.5, 0.6) is 0 Å². The summed E-state index contributed by atoms with van der Waals surface area (Å²) in [4.78, 5) is 14.8. The molecule has 20 heavy (non-hydrogen) atoms. The minimum absolute atomic E-state index is 0.0928. The molecule has 0 fully saturated rings. The van der Waals surface area contributed by atoms with Crippen LogP contribution in [-0.4, -0.2) is 16.1 Å². The maximum atomic E-state index is 11.4. The Labute approximate surface area is 120 Å². The van der Waals surface area contributed by atoms with Gasteiger partial charge < -0.3 is 10.1 Å². The lowest BCUT2D eigenvalue weighted by Gasteiger charge is -2.20. The molecule has 3 heteroatoms. The second-order valence-electron chi connectivity index (χ2n) is 6.48. The molecule has 0 radical (unpaired) electrons. The number of rotatable bonds is 3. The Hall–Kier alpha value is -1.77. The van der Waals surface area contributed by atoms with Crippen molar-refractivity contribution >= 4 is 16.9 Å². The quantitative estimate of drug-likeness (QED) is 0.869. The average Bonchev–Trinajstić information content (AvgIpc) is 2.64. The van der Waals surface area contributed by atoms with E-state index in [0.29, 0.717) is 5.56 Å². The highest BCUT2D eigenvalue weighted by atomic mass is 16.4. The topological polar surface area (TPSA) is 53.1 Å². The van der Waals surface area contributed by atoms with Crippen molar-refractivity contribution in [2.75, 3.05) is 0 Å². The van der Waals surface area contributed by atoms with E-state index in [0.717, 1.165) is 35.0 Å². The average molecular weight is 273 g/mol. The van der Waals surface area contributed by atoms with Crippen molar-refractivity contribution in [3.63, 3.8) is 0 Å². The van der Waals surface area contributed by atoms with Crippen LogP contribution >= 0.6 is 0 Å². The van der Waals surface area contributed by atoms with Crippen molar-refractivity contribution in [3.8, 4) is 0 Å². The molecule has 0 unspecified atom stereocenters. The molecule has 0 saturated heterocycles. The summed E-state index contributed by atoms with van der Waals surface area (Å²) >= 11 is 0. The van der Waals surface area contributed by atoms with E-state index in [1.807, 2.05) is 0 Å². The van der Waals surface area contributed by atoms with Gasteiger partial charge in [-0.15, -0.1) is 0 Å². The molecule has 0 aliphatic heterocycles. The first-order valence-corrected chi connectivity index (χ1v) is 7.14. The molecule has 2 rings (SSSR count). The minimum Gasteiger partial charge on any atom is -0.478 e. The standard InChI is InChI=1S/C17H23NO2/c1-6-7-12-10(2)18-15-13(12)8-11(16(19)20)9-14(15)17(3,4)5/h8-9,18H,6-7H2,1-5H3,(H,19,20). The Bertz CT molecular complexity index is 660. The summed E-state index contributed by atoms with van der Waals surface area (Å²) < 4.78 is 0. The highest BCUT2D eigenvalue weighted by Gasteiger charge is 2.22. The van der Waals surface area contributed by atoms with Gasteiger partial charge in [0.25, 0.3) is 0 Å². The van der Waals surface area contributed by atoms with E-state index in [2.05, 4.69) is 39.6 Å². The number of hydrogen-bond donors (Lipinski definition) is 2. The highest BCUT2D eigenvalue weighted by Crippen LogP contribution is 2.34. The fourth-order valence-corrected chi connectivity index (χ4v) is 2.77. The largest absolute Gasteiger partial charge is 0.478 e. The minimum atomic E-state index is -0.862. The van der Waals surface area contributed by atoms with E-state index in [1.165, 1.54) is 5.56 Å². The molecule has 0 atom stereocenters. The molecular formula is C17H23NO2. The second kappa shape index (κ2) is 4.97. The van der Waals surface area contributed by atoms with Gasteiger partial charge in [-0.2, -0.15) is 0 Å². The fourth-order valence-electron chi connectivity index (χ4n) is 2.77. The van der Waals surface area contributed by atoms with Crippen LogP contribution in [-0.2, 0) is 11.8 Å². The molecule has 0 aliphatic rings. The predicted octanol–water partition coefficient (Wildman–Crippen LogP) is 4.42. The first-order valence-electron chi connectivity index (χ1n) is 7.14. The van der Waals surface area contributed by atoms with Crippen LogP contribution in [0.1, 0.15) is 61.3 Å². The van der Waals surface area contributed by atoms with Gasteiger partial charge in [0.15, 0.2) is 0 Å². The van der Waals surface area contributed by atoms with Crippen molar-refractivity contribution in [2.45, 2.75) is 52.9 Å². The number of aromatic nitrogens is 1. The van der Waals surface area contributed by atoms with E-state index in [9.17, 15) is 9.90 Å². The predicted molar refractivity (Wildman–Crippen MR) is 82.7 cm³/mol. The molecule has 108 valence electrons. The van der Waals surface area contributed by atoms with E-state index in [-0.39, 0.29) is 5.41 Å². The molecule has 2 aromatic rings. The number of aromatic carboxylic acids is 1. The molecule has 2 N–H and O–H groups in total. The van der Waals surface area contributed by atoms with Gasteiger partial charge in [-0.05, 0) is 42.0 Å². The molecule has 1 aromatic heterocycles. The van der Waals surface area contributed by atoms with E-state index in [1.54, 1.807) is 12.1 Å². The fraction of sp³-hybridized carbons (Fsp3) is 0.471. The Morgan fingerprint density at radius 1 is 1.30 bits per heavy atom. The lowest BCUT2D eigenvalue weighted by atomic mass is 9.84. The van der Waals surface area contributed by atoms with Gasteiger partial charge in [-0.3, -0.25) is 0 Å². The van der Waals surface area contributed by atoms with Gasteiger partial charge in [0.05, 0.1) is 5.56 Å². The summed E-state index contributed by atoms with van der Waals surface area (Å²) in [5.74, 6) is -0.862. The third-order valence-corrected chi connectivity index (χ3v) is 3.78. The Kier molecular flexibility index (Phi) is 3.63. The highest BCUT2D eigenvalue weighted by molar-refractivity contribution is 5.97. The summed E-state index contributed by atoms with van der Waals surface area (Å²) in [5.41, 5.74) is 4.83. The number of carboxylic acids is 1. The van der Waals surface area contributed by atoms with Crippen molar-refractivity contribution in [1.29, 1.82) is 0 Å². The van der Waals surface area contributed by atoms with Crippen LogP contribution in [0.2, 0.25) is 0 Å². The van der Waals surface area contributed by atoms with Crippen LogP contribution in [0.4, 0.5) is 0 Å². The number of aromatic amines is 1.